The molecular formula is C25H29N7O. The van der Waals surface area contributed by atoms with Gasteiger partial charge in [0.15, 0.2) is 0 Å². The first-order valence-corrected chi connectivity index (χ1v) is 11.5. The van der Waals surface area contributed by atoms with Crippen molar-refractivity contribution in [2.75, 3.05) is 4.90 Å². The van der Waals surface area contributed by atoms with Crippen molar-refractivity contribution in [3.8, 4) is 11.4 Å². The predicted octanol–water partition coefficient (Wildman–Crippen LogP) is 3.84. The Morgan fingerprint density at radius 1 is 1.12 bits per heavy atom. The van der Waals surface area contributed by atoms with E-state index in [1.165, 1.54) is 12.8 Å². The molecule has 3 aromatic heterocycles. The van der Waals surface area contributed by atoms with Gasteiger partial charge in [-0.05, 0) is 70.0 Å². The van der Waals surface area contributed by atoms with Crippen LogP contribution >= 0.6 is 0 Å². The van der Waals surface area contributed by atoms with E-state index in [0.29, 0.717) is 24.2 Å². The van der Waals surface area contributed by atoms with Gasteiger partial charge in [0.25, 0.3) is 0 Å². The second-order valence-electron chi connectivity index (χ2n) is 8.84. The lowest BCUT2D eigenvalue weighted by molar-refractivity contribution is 0.100. The molecule has 1 aliphatic rings. The zero-order valence-electron chi connectivity index (χ0n) is 19.3. The lowest BCUT2D eigenvalue weighted by atomic mass is 10.2. The van der Waals surface area contributed by atoms with E-state index in [1.807, 2.05) is 29.2 Å². The maximum atomic E-state index is 11.7. The monoisotopic (exact) mass is 443 g/mol. The third kappa shape index (κ3) is 3.86. The highest BCUT2D eigenvalue weighted by molar-refractivity contribution is 5.96. The Hall–Kier alpha value is -3.68. The molecule has 0 saturated carbocycles. The van der Waals surface area contributed by atoms with E-state index in [9.17, 15) is 4.79 Å². The summed E-state index contributed by atoms with van der Waals surface area (Å²) in [4.78, 5) is 23.8. The minimum atomic E-state index is -0.463. The van der Waals surface area contributed by atoms with Crippen LogP contribution in [0.5, 0.6) is 0 Å². The lowest BCUT2D eigenvalue weighted by Crippen LogP contribution is -2.33. The van der Waals surface area contributed by atoms with Crippen LogP contribution in [0.3, 0.4) is 0 Å². The van der Waals surface area contributed by atoms with E-state index in [2.05, 4.69) is 47.5 Å². The Morgan fingerprint density at radius 2 is 1.91 bits per heavy atom. The first-order chi connectivity index (χ1) is 15.9. The van der Waals surface area contributed by atoms with Crippen molar-refractivity contribution in [3.63, 3.8) is 0 Å². The van der Waals surface area contributed by atoms with Crippen molar-refractivity contribution >= 4 is 22.8 Å². The number of aryl methyl sites for hydroxylation is 1. The van der Waals surface area contributed by atoms with E-state index in [4.69, 9.17) is 15.7 Å². The second-order valence-corrected chi connectivity index (χ2v) is 8.84. The van der Waals surface area contributed by atoms with E-state index in [0.717, 1.165) is 40.5 Å². The van der Waals surface area contributed by atoms with Gasteiger partial charge in [0, 0.05) is 42.1 Å². The Labute approximate surface area is 193 Å². The first-order valence-electron chi connectivity index (χ1n) is 11.5. The number of carbonyl (C=O) groups excluding carboxylic acids is 1. The van der Waals surface area contributed by atoms with E-state index >= 15 is 0 Å². The summed E-state index contributed by atoms with van der Waals surface area (Å²) in [7, 11) is 0. The number of hydrogen-bond donors (Lipinski definition) is 1. The van der Waals surface area contributed by atoms with Crippen LogP contribution in [0.4, 0.5) is 5.82 Å². The highest BCUT2D eigenvalue weighted by Gasteiger charge is 2.28. The van der Waals surface area contributed by atoms with Gasteiger partial charge in [-0.1, -0.05) is 0 Å². The molecule has 0 spiro atoms. The molecule has 4 aromatic rings. The first kappa shape index (κ1) is 21.2. The van der Waals surface area contributed by atoms with Crippen LogP contribution in [0, 0.1) is 0 Å². The minimum absolute atomic E-state index is 0.444. The van der Waals surface area contributed by atoms with Gasteiger partial charge in [0.05, 0.1) is 23.3 Å². The van der Waals surface area contributed by atoms with Crippen LogP contribution in [0.1, 0.15) is 49.7 Å². The molecule has 2 atom stereocenters. The molecule has 1 aromatic carbocycles. The van der Waals surface area contributed by atoms with Gasteiger partial charge in [0.1, 0.15) is 11.6 Å². The summed E-state index contributed by atoms with van der Waals surface area (Å²) in [6.45, 7) is 7.96. The fourth-order valence-electron chi connectivity index (χ4n) is 4.81. The summed E-state index contributed by atoms with van der Waals surface area (Å²) in [6, 6.07) is 12.6. The topological polar surface area (TPSA) is 94.9 Å². The Kier molecular flexibility index (Phi) is 5.36. The molecule has 4 heterocycles. The number of primary amides is 1. The van der Waals surface area contributed by atoms with Crippen LogP contribution in [-0.2, 0) is 13.1 Å². The number of aromatic nitrogens is 5. The van der Waals surface area contributed by atoms with Crippen molar-refractivity contribution < 1.29 is 4.79 Å². The van der Waals surface area contributed by atoms with Gasteiger partial charge in [-0.2, -0.15) is 5.10 Å². The van der Waals surface area contributed by atoms with Crippen molar-refractivity contribution in [1.82, 2.24) is 24.3 Å². The number of imidazole rings is 1. The van der Waals surface area contributed by atoms with E-state index in [-0.39, 0.29) is 0 Å². The predicted molar refractivity (Wildman–Crippen MR) is 129 cm³/mol. The number of anilines is 1. The van der Waals surface area contributed by atoms with Crippen molar-refractivity contribution in [1.29, 1.82) is 0 Å². The van der Waals surface area contributed by atoms with Crippen molar-refractivity contribution in [3.05, 3.63) is 60.0 Å². The third-order valence-electron chi connectivity index (χ3n) is 6.60. The molecule has 8 nitrogen and oxygen atoms in total. The highest BCUT2D eigenvalue weighted by Crippen LogP contribution is 2.31. The summed E-state index contributed by atoms with van der Waals surface area (Å²) in [5.74, 6) is 1.32. The third-order valence-corrected chi connectivity index (χ3v) is 6.60. The Balaban J connectivity index is 1.57. The van der Waals surface area contributed by atoms with Gasteiger partial charge < -0.3 is 15.2 Å². The standard InChI is InChI=1S/C25H29N7O/c1-4-30-12-11-20(29-30)15-31-22-9-7-18(24(26)33)13-21(22)28-25(31)19-8-10-23(27-14-19)32-16(2)5-6-17(32)3/h7-14,16-17H,4-6,15H2,1-3H3,(H2,26,33)/t16-,17-/m0/s1. The van der Waals surface area contributed by atoms with Crippen molar-refractivity contribution in [2.24, 2.45) is 5.73 Å². The average Bonchev–Trinajstić information content (AvgIpc) is 3.51. The number of amides is 1. The van der Waals surface area contributed by atoms with E-state index < -0.39 is 5.91 Å². The number of carbonyl (C=O) groups is 1. The van der Waals surface area contributed by atoms with Crippen LogP contribution < -0.4 is 10.6 Å². The summed E-state index contributed by atoms with van der Waals surface area (Å²) in [5, 5.41) is 4.65. The number of nitrogens with two attached hydrogens (primary N) is 1. The molecule has 1 fully saturated rings. The van der Waals surface area contributed by atoms with Gasteiger partial charge in [-0.15, -0.1) is 0 Å². The van der Waals surface area contributed by atoms with Crippen LogP contribution in [0.2, 0.25) is 0 Å². The van der Waals surface area contributed by atoms with Crippen LogP contribution in [0.15, 0.2) is 48.8 Å². The lowest BCUT2D eigenvalue weighted by Gasteiger charge is -2.27. The maximum Gasteiger partial charge on any atom is 0.248 e. The van der Waals surface area contributed by atoms with Crippen LogP contribution in [-0.4, -0.2) is 42.3 Å². The maximum absolute atomic E-state index is 11.7. The molecule has 0 unspecified atom stereocenters. The molecule has 5 rings (SSSR count). The SMILES string of the molecule is CCn1ccc(Cn2c(-c3ccc(N4[C@@H](C)CC[C@@H]4C)nc3)nc3cc(C(N)=O)ccc32)n1. The summed E-state index contributed by atoms with van der Waals surface area (Å²) >= 11 is 0. The number of hydrogen-bond acceptors (Lipinski definition) is 5. The van der Waals surface area contributed by atoms with Gasteiger partial charge in [-0.25, -0.2) is 9.97 Å². The Morgan fingerprint density at radius 3 is 2.55 bits per heavy atom. The molecule has 1 saturated heterocycles. The van der Waals surface area contributed by atoms with Gasteiger partial charge in [0.2, 0.25) is 5.91 Å². The molecular weight excluding hydrogens is 414 g/mol. The summed E-state index contributed by atoms with van der Waals surface area (Å²) < 4.78 is 4.04. The molecule has 1 amide bonds. The number of benzene rings is 1. The molecule has 8 heteroatoms. The molecule has 0 bridgehead atoms. The zero-order chi connectivity index (χ0) is 23.1. The minimum Gasteiger partial charge on any atom is -0.366 e. The molecule has 0 aliphatic carbocycles. The largest absolute Gasteiger partial charge is 0.366 e. The van der Waals surface area contributed by atoms with Gasteiger partial charge in [-0.3, -0.25) is 9.48 Å². The normalized spacial score (nSPS) is 18.3. The molecule has 33 heavy (non-hydrogen) atoms. The summed E-state index contributed by atoms with van der Waals surface area (Å²) in [6.07, 6.45) is 6.25. The smallest absolute Gasteiger partial charge is 0.248 e. The summed E-state index contributed by atoms with van der Waals surface area (Å²) in [5.41, 5.74) is 9.46. The average molecular weight is 444 g/mol. The zero-order valence-corrected chi connectivity index (χ0v) is 19.3. The van der Waals surface area contributed by atoms with E-state index in [1.54, 1.807) is 12.1 Å². The highest BCUT2D eigenvalue weighted by atomic mass is 16.1. The molecule has 0 radical (unpaired) electrons. The number of fused-ring (bicyclic) bond motifs is 1. The Bertz CT molecular complexity index is 1290. The molecule has 2 N–H and O–H groups in total. The quantitative estimate of drug-likeness (QED) is 0.489. The number of rotatable bonds is 6. The number of nitrogens with zero attached hydrogens (tertiary/aromatic N) is 6. The number of pyridine rings is 1. The molecule has 170 valence electrons. The van der Waals surface area contributed by atoms with Crippen molar-refractivity contribution in [2.45, 2.75) is 58.8 Å². The van der Waals surface area contributed by atoms with Crippen LogP contribution in [0.25, 0.3) is 22.4 Å². The van der Waals surface area contributed by atoms with Gasteiger partial charge >= 0.3 is 0 Å². The molecule has 1 aliphatic heterocycles. The fraction of sp³-hybridized carbons (Fsp3) is 0.360. The second kappa shape index (κ2) is 8.35. The fourth-order valence-corrected chi connectivity index (χ4v) is 4.81.